The van der Waals surface area contributed by atoms with E-state index in [0.717, 1.165) is 43.7 Å². The molecule has 7 aromatic rings. The predicted molar refractivity (Wildman–Crippen MR) is 220 cm³/mol. The van der Waals surface area contributed by atoms with E-state index in [4.69, 9.17) is 0 Å². The standard InChI is InChI=1S/C42H38N4O8S2/c1-6-45-31(27-10-8-12-29-35(55(49,50)51)22-20-33(45)38(27)29)18-16-25-14-15-26(37(25)40-41(47)43(4)24(3)44(5)42(40)48)17-19-32-28-11-9-13-30-36(56(52,53)54)23-21-34(39(28)30)46(32)7-2/h8-13,16-23H,3,6-7,14-15H2,1-2,4-5H3,(H,49,50,51)(H,52,53,54)/b25-16+,26-17+,31-18+,32-19+. The Morgan fingerprint density at radius 1 is 0.625 bits per heavy atom. The van der Waals surface area contributed by atoms with Crippen LogP contribution in [-0.2, 0) is 47.4 Å². The first-order valence-corrected chi connectivity index (χ1v) is 20.9. The number of allylic oxidation sites excluding steroid dienone is 4. The van der Waals surface area contributed by atoms with Gasteiger partial charge in [0.25, 0.3) is 31.4 Å². The fraction of sp³-hybridized carbons (Fsp3) is 0.190. The minimum Gasteiger partial charge on any atom is -0.341 e. The van der Waals surface area contributed by atoms with Crippen LogP contribution in [0.1, 0.15) is 26.7 Å². The van der Waals surface area contributed by atoms with Crippen molar-refractivity contribution in [2.24, 2.45) is 14.1 Å². The van der Waals surface area contributed by atoms with Gasteiger partial charge >= 0.3 is 0 Å². The van der Waals surface area contributed by atoms with E-state index in [9.17, 15) is 35.5 Å². The maximum Gasteiger partial charge on any atom is 0.295 e. The molecule has 56 heavy (non-hydrogen) atoms. The lowest BCUT2D eigenvalue weighted by molar-refractivity contribution is 0.482. The minimum atomic E-state index is -4.48. The van der Waals surface area contributed by atoms with E-state index in [1.807, 2.05) is 50.3 Å². The van der Waals surface area contributed by atoms with Gasteiger partial charge < -0.3 is 9.13 Å². The Morgan fingerprint density at radius 3 is 1.39 bits per heavy atom. The molecule has 1 saturated carbocycles. The lowest BCUT2D eigenvalue weighted by Crippen LogP contribution is -2.57. The van der Waals surface area contributed by atoms with Crippen molar-refractivity contribution in [2.75, 3.05) is 0 Å². The molecule has 0 amide bonds. The van der Waals surface area contributed by atoms with E-state index in [1.54, 1.807) is 50.5 Å². The van der Waals surface area contributed by atoms with E-state index >= 15 is 0 Å². The Labute approximate surface area is 320 Å². The van der Waals surface area contributed by atoms with Gasteiger partial charge in [0.1, 0.15) is 20.5 Å². The monoisotopic (exact) mass is 790 g/mol. The number of benzene rings is 4. The van der Waals surface area contributed by atoms with E-state index < -0.39 is 31.4 Å². The maximum absolute atomic E-state index is 14.0. The van der Waals surface area contributed by atoms with Crippen LogP contribution in [0, 0.1) is 0 Å². The molecule has 4 aromatic carbocycles. The molecule has 0 unspecified atom stereocenters. The normalized spacial score (nSPS) is 16.4. The van der Waals surface area contributed by atoms with Gasteiger partial charge in [-0.1, -0.05) is 55.1 Å². The van der Waals surface area contributed by atoms with Crippen molar-refractivity contribution in [1.82, 2.24) is 18.3 Å². The van der Waals surface area contributed by atoms with E-state index in [-0.39, 0.29) is 20.5 Å². The number of hydrogen-bond acceptors (Lipinski definition) is 6. The highest BCUT2D eigenvalue weighted by atomic mass is 32.2. The van der Waals surface area contributed by atoms with Gasteiger partial charge in [0, 0.05) is 81.2 Å². The van der Waals surface area contributed by atoms with Gasteiger partial charge in [0.2, 0.25) is 0 Å². The van der Waals surface area contributed by atoms with Crippen molar-refractivity contribution >= 4 is 87.9 Å². The molecule has 3 heterocycles. The molecular formula is C42H38N4O8S2. The molecule has 0 saturated heterocycles. The van der Waals surface area contributed by atoms with Crippen molar-refractivity contribution in [3.05, 3.63) is 126 Å². The summed E-state index contributed by atoms with van der Waals surface area (Å²) in [5.74, 6) is 0. The van der Waals surface area contributed by atoms with Crippen LogP contribution in [0.2, 0.25) is 0 Å². The molecule has 14 heteroatoms. The summed E-state index contributed by atoms with van der Waals surface area (Å²) in [5, 5.41) is 5.36. The molecule has 0 radical (unpaired) electrons. The molecular weight excluding hydrogens is 753 g/mol. The first-order valence-electron chi connectivity index (χ1n) is 18.0. The number of aryl methyl sites for hydroxylation is 2. The van der Waals surface area contributed by atoms with E-state index in [1.165, 1.54) is 21.3 Å². The van der Waals surface area contributed by atoms with Crippen molar-refractivity contribution < 1.29 is 25.9 Å². The first-order chi connectivity index (χ1) is 26.6. The molecule has 1 fully saturated rings. The Hall–Kier alpha value is -5.80. The number of rotatable bonds is 6. The van der Waals surface area contributed by atoms with Crippen LogP contribution in [-0.4, -0.2) is 44.2 Å². The summed E-state index contributed by atoms with van der Waals surface area (Å²) in [4.78, 5) is 27.6. The molecule has 0 aliphatic heterocycles. The zero-order valence-corrected chi connectivity index (χ0v) is 32.7. The second-order valence-corrected chi connectivity index (χ2v) is 16.7. The van der Waals surface area contributed by atoms with Crippen molar-refractivity contribution in [3.8, 4) is 0 Å². The van der Waals surface area contributed by atoms with Crippen LogP contribution in [0.5, 0.6) is 0 Å². The first kappa shape index (κ1) is 37.1. The third-order valence-electron chi connectivity index (χ3n) is 11.1. The van der Waals surface area contributed by atoms with Crippen LogP contribution in [0.4, 0.5) is 0 Å². The second-order valence-electron chi connectivity index (χ2n) is 13.9. The largest absolute Gasteiger partial charge is 0.341 e. The van der Waals surface area contributed by atoms with Crippen LogP contribution < -0.4 is 32.5 Å². The quantitative estimate of drug-likeness (QED) is 0.242. The van der Waals surface area contributed by atoms with Gasteiger partial charge in [-0.25, -0.2) is 0 Å². The molecule has 286 valence electrons. The molecule has 8 rings (SSSR count). The lowest BCUT2D eigenvalue weighted by Gasteiger charge is -2.08. The molecule has 3 aromatic heterocycles. The van der Waals surface area contributed by atoms with Crippen LogP contribution in [0.15, 0.2) is 103 Å². The van der Waals surface area contributed by atoms with Crippen LogP contribution in [0.25, 0.3) is 67.7 Å². The summed E-state index contributed by atoms with van der Waals surface area (Å²) in [6.45, 7) is 9.00. The second kappa shape index (κ2) is 13.2. The third kappa shape index (κ3) is 5.54. The molecule has 12 nitrogen and oxygen atoms in total. The highest BCUT2D eigenvalue weighted by Crippen LogP contribution is 2.37. The van der Waals surface area contributed by atoms with Gasteiger partial charge in [-0.15, -0.1) is 0 Å². The number of aromatic nitrogens is 4. The van der Waals surface area contributed by atoms with Gasteiger partial charge in [0.15, 0.2) is 0 Å². The Kier molecular flexibility index (Phi) is 8.73. The number of hydrogen-bond donors (Lipinski definition) is 2. The summed E-state index contributed by atoms with van der Waals surface area (Å²) in [6.07, 6.45) is 8.68. The lowest BCUT2D eigenvalue weighted by atomic mass is 10.0. The topological polar surface area (TPSA) is 163 Å². The Morgan fingerprint density at radius 2 is 1.02 bits per heavy atom. The fourth-order valence-corrected chi connectivity index (χ4v) is 9.86. The molecule has 0 atom stereocenters. The average molecular weight is 791 g/mol. The predicted octanol–water partition coefficient (Wildman–Crippen LogP) is 3.44. The fourth-order valence-electron chi connectivity index (χ4n) is 8.48. The summed E-state index contributed by atoms with van der Waals surface area (Å²) < 4.78 is 75.9. The summed E-state index contributed by atoms with van der Waals surface area (Å²) in [6, 6.07) is 16.8. The maximum atomic E-state index is 14.0. The molecule has 0 spiro atoms. The van der Waals surface area contributed by atoms with Gasteiger partial charge in [-0.2, -0.15) is 16.8 Å². The summed E-state index contributed by atoms with van der Waals surface area (Å²) >= 11 is 0. The minimum absolute atomic E-state index is 0.0121. The van der Waals surface area contributed by atoms with Crippen molar-refractivity contribution in [3.63, 3.8) is 0 Å². The summed E-state index contributed by atoms with van der Waals surface area (Å²) in [7, 11) is -5.82. The molecule has 0 bridgehead atoms. The van der Waals surface area contributed by atoms with Crippen molar-refractivity contribution in [1.29, 1.82) is 0 Å². The van der Waals surface area contributed by atoms with Crippen molar-refractivity contribution in [2.45, 2.75) is 49.6 Å². The zero-order valence-electron chi connectivity index (χ0n) is 31.1. The van der Waals surface area contributed by atoms with E-state index in [0.29, 0.717) is 53.0 Å². The summed E-state index contributed by atoms with van der Waals surface area (Å²) in [5.41, 5.74) is 2.90. The smallest absolute Gasteiger partial charge is 0.295 e. The molecule has 2 N–H and O–H groups in total. The van der Waals surface area contributed by atoms with Crippen LogP contribution >= 0.6 is 0 Å². The van der Waals surface area contributed by atoms with Gasteiger partial charge in [-0.3, -0.25) is 27.8 Å². The zero-order chi connectivity index (χ0) is 40.0. The SMILES string of the molecule is C=c1n(C)c(=O)c(=C2/C(=C/C=c3\c4cccc5c(S(=O)(=O)O)ccc(c54)n3CC)CC/C2=C\C=c2/c3cccc4c(S(=O)(=O)O)ccc(c43)n2CC)c(=O)n1C. The van der Waals surface area contributed by atoms with Gasteiger partial charge in [0.05, 0.1) is 0 Å². The average Bonchev–Trinajstić information content (AvgIpc) is 3.81. The Balaban J connectivity index is 1.42. The van der Waals surface area contributed by atoms with E-state index in [2.05, 4.69) is 15.7 Å². The highest BCUT2D eigenvalue weighted by molar-refractivity contribution is 7.86. The highest BCUT2D eigenvalue weighted by Gasteiger charge is 2.25. The third-order valence-corrected chi connectivity index (χ3v) is 12.9. The Bertz CT molecular complexity index is 3300. The van der Waals surface area contributed by atoms with Gasteiger partial charge in [-0.05, 0) is 79.8 Å². The molecule has 1 aliphatic rings. The number of nitrogens with zero attached hydrogens (tertiary/aromatic N) is 4. The van der Waals surface area contributed by atoms with Crippen LogP contribution in [0.3, 0.4) is 0 Å². The molecule has 1 aliphatic carbocycles.